The van der Waals surface area contributed by atoms with Gasteiger partial charge in [0.15, 0.2) is 12.1 Å². The summed E-state index contributed by atoms with van der Waals surface area (Å²) >= 11 is 0. The minimum Gasteiger partial charge on any atom is -0.497 e. The number of hydrogen-bond donors (Lipinski definition) is 0. The molecule has 0 aliphatic heterocycles. The summed E-state index contributed by atoms with van der Waals surface area (Å²) in [6.07, 6.45) is 0.518. The zero-order valence-corrected chi connectivity index (χ0v) is 9.47. The number of benzene rings is 2. The first-order valence-electron chi connectivity index (χ1n) is 5.27. The lowest BCUT2D eigenvalue weighted by Crippen LogP contribution is -2.02. The Labute approximate surface area is 99.0 Å². The lowest BCUT2D eigenvalue weighted by atomic mass is 10.0. The number of methoxy groups -OCH3 is 1. The molecular formula is C14H12O3. The number of ketones is 1. The first kappa shape index (κ1) is 11.3. The molecule has 0 unspecified atom stereocenters. The van der Waals surface area contributed by atoms with Crippen LogP contribution in [0.4, 0.5) is 0 Å². The van der Waals surface area contributed by atoms with Gasteiger partial charge in [-0.05, 0) is 28.5 Å². The smallest absolute Gasteiger partial charge is 0.199 e. The number of carbonyl (C=O) groups excluding carboxylic acids is 2. The van der Waals surface area contributed by atoms with Gasteiger partial charge in [-0.3, -0.25) is 9.59 Å². The second-order valence-corrected chi connectivity index (χ2v) is 3.81. The van der Waals surface area contributed by atoms with E-state index in [0.717, 1.165) is 22.1 Å². The van der Waals surface area contributed by atoms with E-state index in [2.05, 4.69) is 0 Å². The fourth-order valence-corrected chi connectivity index (χ4v) is 1.75. The van der Waals surface area contributed by atoms with E-state index in [-0.39, 0.29) is 6.42 Å². The maximum Gasteiger partial charge on any atom is 0.199 e. The molecule has 3 nitrogen and oxygen atoms in total. The Morgan fingerprint density at radius 3 is 2.59 bits per heavy atom. The molecule has 0 amide bonds. The Morgan fingerprint density at radius 1 is 1.18 bits per heavy atom. The van der Waals surface area contributed by atoms with Gasteiger partial charge in [0.2, 0.25) is 0 Å². The van der Waals surface area contributed by atoms with E-state index in [4.69, 9.17) is 4.74 Å². The molecule has 0 heterocycles. The van der Waals surface area contributed by atoms with Gasteiger partial charge in [-0.2, -0.15) is 0 Å². The molecule has 0 atom stereocenters. The number of carbonyl (C=O) groups is 2. The van der Waals surface area contributed by atoms with Crippen LogP contribution in [0, 0.1) is 0 Å². The van der Waals surface area contributed by atoms with Crippen molar-refractivity contribution in [1.29, 1.82) is 0 Å². The van der Waals surface area contributed by atoms with E-state index in [9.17, 15) is 9.59 Å². The fraction of sp³-hybridized carbons (Fsp3) is 0.143. The lowest BCUT2D eigenvalue weighted by molar-refractivity contribution is -0.129. The van der Waals surface area contributed by atoms with Crippen LogP contribution in [0.25, 0.3) is 10.8 Å². The summed E-state index contributed by atoms with van der Waals surface area (Å²) in [7, 11) is 1.62. The molecule has 0 spiro atoms. The number of aldehydes is 1. The van der Waals surface area contributed by atoms with Crippen LogP contribution in [0.3, 0.4) is 0 Å². The normalized spacial score (nSPS) is 10.2. The Kier molecular flexibility index (Phi) is 3.19. The largest absolute Gasteiger partial charge is 0.497 e. The van der Waals surface area contributed by atoms with Crippen molar-refractivity contribution in [2.45, 2.75) is 6.42 Å². The first-order chi connectivity index (χ1) is 8.22. The van der Waals surface area contributed by atoms with E-state index in [1.807, 2.05) is 36.4 Å². The summed E-state index contributed by atoms with van der Waals surface area (Å²) in [5.74, 6) is 0.395. The first-order valence-corrected chi connectivity index (χ1v) is 5.27. The average molecular weight is 228 g/mol. The van der Waals surface area contributed by atoms with Crippen molar-refractivity contribution >= 4 is 22.8 Å². The third kappa shape index (κ3) is 2.50. The lowest BCUT2D eigenvalue weighted by Gasteiger charge is -2.04. The average Bonchev–Trinajstić information content (AvgIpc) is 2.38. The molecule has 0 aromatic heterocycles. The zero-order valence-electron chi connectivity index (χ0n) is 9.47. The van der Waals surface area contributed by atoms with Gasteiger partial charge >= 0.3 is 0 Å². The fourth-order valence-electron chi connectivity index (χ4n) is 1.75. The molecule has 0 aliphatic carbocycles. The van der Waals surface area contributed by atoms with Crippen molar-refractivity contribution < 1.29 is 14.3 Å². The van der Waals surface area contributed by atoms with E-state index in [1.165, 1.54) is 0 Å². The molecule has 2 rings (SSSR count). The number of Topliss-reactive ketones (excluding diaryl/α,β-unsaturated/α-hetero) is 1. The molecule has 0 saturated heterocycles. The van der Waals surface area contributed by atoms with E-state index < -0.39 is 5.78 Å². The van der Waals surface area contributed by atoms with E-state index >= 15 is 0 Å². The highest BCUT2D eigenvalue weighted by Crippen LogP contribution is 2.21. The quantitative estimate of drug-likeness (QED) is 0.595. The maximum atomic E-state index is 11.0. The van der Waals surface area contributed by atoms with Gasteiger partial charge in [0.05, 0.1) is 7.11 Å². The van der Waals surface area contributed by atoms with Gasteiger partial charge in [0, 0.05) is 6.42 Å². The van der Waals surface area contributed by atoms with Crippen LogP contribution in [-0.2, 0) is 16.0 Å². The molecule has 86 valence electrons. The summed E-state index contributed by atoms with van der Waals surface area (Å²) in [5, 5.41) is 2.08. The molecule has 2 aromatic rings. The van der Waals surface area contributed by atoms with Crippen LogP contribution in [0.2, 0.25) is 0 Å². The number of rotatable bonds is 4. The Hall–Kier alpha value is -2.16. The Bertz CT molecular complexity index is 573. The third-order valence-electron chi connectivity index (χ3n) is 2.62. The Morgan fingerprint density at radius 2 is 1.88 bits per heavy atom. The molecule has 0 aliphatic rings. The van der Waals surface area contributed by atoms with Gasteiger partial charge in [-0.15, -0.1) is 0 Å². The van der Waals surface area contributed by atoms with Crippen LogP contribution < -0.4 is 4.74 Å². The van der Waals surface area contributed by atoms with Crippen LogP contribution in [0.5, 0.6) is 5.75 Å². The van der Waals surface area contributed by atoms with Gasteiger partial charge < -0.3 is 4.74 Å². The van der Waals surface area contributed by atoms with E-state index in [0.29, 0.717) is 6.29 Å². The Balaban J connectivity index is 2.37. The van der Waals surface area contributed by atoms with Gasteiger partial charge in [0.1, 0.15) is 5.75 Å². The number of ether oxygens (including phenoxy) is 1. The highest BCUT2D eigenvalue weighted by Gasteiger charge is 2.03. The monoisotopic (exact) mass is 228 g/mol. The third-order valence-corrected chi connectivity index (χ3v) is 2.62. The van der Waals surface area contributed by atoms with Crippen molar-refractivity contribution in [2.24, 2.45) is 0 Å². The van der Waals surface area contributed by atoms with Crippen LogP contribution in [-0.4, -0.2) is 19.2 Å². The number of hydrogen-bond acceptors (Lipinski definition) is 3. The second kappa shape index (κ2) is 4.78. The van der Waals surface area contributed by atoms with Gasteiger partial charge in [0.25, 0.3) is 0 Å². The number of fused-ring (bicyclic) bond motifs is 1. The predicted octanol–water partition coefficient (Wildman–Crippen LogP) is 2.16. The summed E-state index contributed by atoms with van der Waals surface area (Å²) < 4.78 is 5.13. The minimum absolute atomic E-state index is 0.158. The van der Waals surface area contributed by atoms with Crippen molar-refractivity contribution in [2.75, 3.05) is 7.11 Å². The topological polar surface area (TPSA) is 43.4 Å². The molecular weight excluding hydrogens is 216 g/mol. The molecule has 0 bridgehead atoms. The van der Waals surface area contributed by atoms with Crippen molar-refractivity contribution in [1.82, 2.24) is 0 Å². The van der Waals surface area contributed by atoms with Crippen LogP contribution in [0.15, 0.2) is 36.4 Å². The minimum atomic E-state index is -0.405. The second-order valence-electron chi connectivity index (χ2n) is 3.81. The zero-order chi connectivity index (χ0) is 12.3. The highest BCUT2D eigenvalue weighted by molar-refractivity contribution is 6.25. The SMILES string of the molecule is COc1ccc2cc(CC(=O)C=O)ccc2c1. The molecule has 0 saturated carbocycles. The molecule has 2 aromatic carbocycles. The van der Waals surface area contributed by atoms with Crippen molar-refractivity contribution in [3.8, 4) is 5.75 Å². The van der Waals surface area contributed by atoms with Gasteiger partial charge in [-0.1, -0.05) is 24.3 Å². The standard InChI is InChI=1S/C14H12O3/c1-17-14-5-4-11-6-10(7-13(16)9-15)2-3-12(11)8-14/h2-6,8-9H,7H2,1H3. The molecule has 3 heteroatoms. The molecule has 0 fully saturated rings. The molecule has 0 radical (unpaired) electrons. The van der Waals surface area contributed by atoms with Crippen LogP contribution in [0.1, 0.15) is 5.56 Å². The summed E-state index contributed by atoms with van der Waals surface area (Å²) in [4.78, 5) is 21.3. The summed E-state index contributed by atoms with van der Waals surface area (Å²) in [6, 6.07) is 11.4. The van der Waals surface area contributed by atoms with Crippen molar-refractivity contribution in [3.05, 3.63) is 42.0 Å². The molecule has 17 heavy (non-hydrogen) atoms. The summed E-state index contributed by atoms with van der Waals surface area (Å²) in [5.41, 5.74) is 0.847. The van der Waals surface area contributed by atoms with Crippen LogP contribution >= 0.6 is 0 Å². The summed E-state index contributed by atoms with van der Waals surface area (Å²) in [6.45, 7) is 0. The molecule has 0 N–H and O–H groups in total. The van der Waals surface area contributed by atoms with Crippen molar-refractivity contribution in [3.63, 3.8) is 0 Å². The maximum absolute atomic E-state index is 11.0. The predicted molar refractivity (Wildman–Crippen MR) is 65.3 cm³/mol. The van der Waals surface area contributed by atoms with Gasteiger partial charge in [-0.25, -0.2) is 0 Å². The highest BCUT2D eigenvalue weighted by atomic mass is 16.5. The van der Waals surface area contributed by atoms with E-state index in [1.54, 1.807) is 7.11 Å².